The fourth-order valence-corrected chi connectivity index (χ4v) is 2.04. The van der Waals surface area contributed by atoms with E-state index in [0.29, 0.717) is 22.1 Å². The van der Waals surface area contributed by atoms with Crippen LogP contribution in [0.2, 0.25) is 5.15 Å². The molecule has 0 amide bonds. The molecule has 3 aromatic rings. The van der Waals surface area contributed by atoms with E-state index in [2.05, 4.69) is 20.3 Å². The number of ether oxygens (including phenoxy) is 1. The topological polar surface area (TPSA) is 65.7 Å². The summed E-state index contributed by atoms with van der Waals surface area (Å²) in [6.07, 6.45) is 0. The number of fused-ring (bicyclic) bond motifs is 1. The highest BCUT2D eigenvalue weighted by Gasteiger charge is 2.13. The van der Waals surface area contributed by atoms with Crippen molar-refractivity contribution in [2.24, 2.45) is 0 Å². The number of benzene rings is 1. The first-order valence-electron chi connectivity index (χ1n) is 5.59. The molecule has 0 fully saturated rings. The highest BCUT2D eigenvalue weighted by molar-refractivity contribution is 6.33. The van der Waals surface area contributed by atoms with Crippen LogP contribution in [0.3, 0.4) is 0 Å². The molecular formula is C12H10ClN5O. The quantitative estimate of drug-likeness (QED) is 0.671. The van der Waals surface area contributed by atoms with Crippen molar-refractivity contribution in [1.29, 1.82) is 0 Å². The molecule has 96 valence electrons. The van der Waals surface area contributed by atoms with E-state index in [0.717, 1.165) is 11.4 Å². The predicted molar refractivity (Wildman–Crippen MR) is 70.8 cm³/mol. The van der Waals surface area contributed by atoms with E-state index in [-0.39, 0.29) is 0 Å². The number of hydrogen-bond acceptors (Lipinski definition) is 5. The smallest absolute Gasteiger partial charge is 0.188 e. The van der Waals surface area contributed by atoms with Gasteiger partial charge in [0.2, 0.25) is 0 Å². The summed E-state index contributed by atoms with van der Waals surface area (Å²) >= 11 is 6.03. The van der Waals surface area contributed by atoms with Gasteiger partial charge >= 0.3 is 0 Å². The van der Waals surface area contributed by atoms with Crippen molar-refractivity contribution in [2.75, 3.05) is 7.11 Å². The van der Waals surface area contributed by atoms with E-state index in [1.807, 2.05) is 24.3 Å². The first kappa shape index (κ1) is 11.9. The number of methoxy groups -OCH3 is 1. The van der Waals surface area contributed by atoms with Crippen molar-refractivity contribution in [3.63, 3.8) is 0 Å². The zero-order chi connectivity index (χ0) is 13.4. The number of nitrogens with zero attached hydrogens (tertiary/aromatic N) is 5. The van der Waals surface area contributed by atoms with Crippen molar-refractivity contribution in [3.05, 3.63) is 35.2 Å². The van der Waals surface area contributed by atoms with E-state index >= 15 is 0 Å². The molecule has 0 unspecified atom stereocenters. The molecule has 0 saturated heterocycles. The Morgan fingerprint density at radius 3 is 2.89 bits per heavy atom. The van der Waals surface area contributed by atoms with E-state index in [1.165, 1.54) is 0 Å². The van der Waals surface area contributed by atoms with Gasteiger partial charge in [-0.2, -0.15) is 4.68 Å². The summed E-state index contributed by atoms with van der Waals surface area (Å²) in [5, 5.41) is 8.38. The molecule has 0 spiro atoms. The minimum Gasteiger partial charge on any atom is -0.497 e. The Labute approximate surface area is 114 Å². The summed E-state index contributed by atoms with van der Waals surface area (Å²) in [5.41, 5.74) is 1.86. The third-order valence-corrected chi connectivity index (χ3v) is 2.93. The van der Waals surface area contributed by atoms with Gasteiger partial charge in [0.1, 0.15) is 11.6 Å². The third kappa shape index (κ3) is 2.00. The van der Waals surface area contributed by atoms with Crippen molar-refractivity contribution in [2.45, 2.75) is 6.92 Å². The van der Waals surface area contributed by atoms with E-state index in [9.17, 15) is 0 Å². The molecule has 0 aliphatic heterocycles. The lowest BCUT2D eigenvalue weighted by Crippen LogP contribution is -2.00. The maximum absolute atomic E-state index is 6.03. The zero-order valence-corrected chi connectivity index (χ0v) is 11.1. The number of aromatic nitrogens is 5. The minimum absolute atomic E-state index is 0.302. The average Bonchev–Trinajstić information content (AvgIpc) is 2.82. The van der Waals surface area contributed by atoms with Gasteiger partial charge in [-0.05, 0) is 19.1 Å². The first-order valence-corrected chi connectivity index (χ1v) is 5.97. The Balaban J connectivity index is 2.25. The van der Waals surface area contributed by atoms with Gasteiger partial charge in [0.15, 0.2) is 16.3 Å². The molecule has 2 aromatic heterocycles. The standard InChI is InChI=1S/C12H10ClN5O/c1-7-14-11(13)10-12(15-7)18(17-16-10)8-4-3-5-9(6-8)19-2/h3-6H,1-2H3. The molecule has 0 aliphatic carbocycles. The number of hydrogen-bond donors (Lipinski definition) is 0. The molecular weight excluding hydrogens is 266 g/mol. The highest BCUT2D eigenvalue weighted by Crippen LogP contribution is 2.22. The lowest BCUT2D eigenvalue weighted by atomic mass is 10.3. The van der Waals surface area contributed by atoms with Crippen molar-refractivity contribution in [1.82, 2.24) is 25.0 Å². The Morgan fingerprint density at radius 2 is 2.11 bits per heavy atom. The summed E-state index contributed by atoms with van der Waals surface area (Å²) in [6, 6.07) is 7.47. The van der Waals surface area contributed by atoms with Crippen LogP contribution in [0, 0.1) is 6.92 Å². The van der Waals surface area contributed by atoms with Gasteiger partial charge in [-0.25, -0.2) is 9.97 Å². The van der Waals surface area contributed by atoms with Crippen LogP contribution in [-0.2, 0) is 0 Å². The van der Waals surface area contributed by atoms with Crippen LogP contribution < -0.4 is 4.74 Å². The normalized spacial score (nSPS) is 10.9. The Hall–Kier alpha value is -2.21. The summed E-state index contributed by atoms with van der Waals surface area (Å²) in [6.45, 7) is 1.77. The lowest BCUT2D eigenvalue weighted by Gasteiger charge is -2.04. The monoisotopic (exact) mass is 275 g/mol. The van der Waals surface area contributed by atoms with Crippen molar-refractivity contribution in [3.8, 4) is 11.4 Å². The largest absolute Gasteiger partial charge is 0.497 e. The predicted octanol–water partition coefficient (Wildman–Crippen LogP) is 2.18. The Bertz CT molecular complexity index is 755. The summed E-state index contributed by atoms with van der Waals surface area (Å²) in [4.78, 5) is 8.39. The molecule has 0 atom stereocenters. The van der Waals surface area contributed by atoms with Crippen LogP contribution in [0.25, 0.3) is 16.9 Å². The van der Waals surface area contributed by atoms with Crippen LogP contribution in [0.15, 0.2) is 24.3 Å². The lowest BCUT2D eigenvalue weighted by molar-refractivity contribution is 0.414. The second kappa shape index (κ2) is 4.47. The van der Waals surface area contributed by atoms with Crippen molar-refractivity contribution < 1.29 is 4.74 Å². The second-order valence-electron chi connectivity index (χ2n) is 3.94. The molecule has 19 heavy (non-hydrogen) atoms. The molecule has 3 rings (SSSR count). The molecule has 0 N–H and O–H groups in total. The zero-order valence-electron chi connectivity index (χ0n) is 10.3. The summed E-state index contributed by atoms with van der Waals surface area (Å²) < 4.78 is 6.80. The maximum Gasteiger partial charge on any atom is 0.188 e. The molecule has 2 heterocycles. The van der Waals surface area contributed by atoms with Crippen LogP contribution in [0.4, 0.5) is 0 Å². The van der Waals surface area contributed by atoms with Crippen LogP contribution in [-0.4, -0.2) is 32.1 Å². The molecule has 0 saturated carbocycles. The van der Waals surface area contributed by atoms with Crippen LogP contribution in [0.5, 0.6) is 5.75 Å². The van der Waals surface area contributed by atoms with Crippen LogP contribution in [0.1, 0.15) is 5.82 Å². The molecule has 0 radical (unpaired) electrons. The van der Waals surface area contributed by atoms with Crippen LogP contribution >= 0.6 is 11.6 Å². The third-order valence-electron chi connectivity index (χ3n) is 2.67. The maximum atomic E-state index is 6.03. The minimum atomic E-state index is 0.302. The molecule has 7 heteroatoms. The SMILES string of the molecule is COc1cccc(-n2nnc3c(Cl)nc(C)nc32)c1. The fraction of sp³-hybridized carbons (Fsp3) is 0.167. The van der Waals surface area contributed by atoms with E-state index in [1.54, 1.807) is 18.7 Å². The van der Waals surface area contributed by atoms with Gasteiger partial charge < -0.3 is 4.74 Å². The second-order valence-corrected chi connectivity index (χ2v) is 4.29. The number of rotatable bonds is 2. The average molecular weight is 276 g/mol. The van der Waals surface area contributed by atoms with Gasteiger partial charge in [-0.3, -0.25) is 0 Å². The fourth-order valence-electron chi connectivity index (χ4n) is 1.80. The highest BCUT2D eigenvalue weighted by atomic mass is 35.5. The Kier molecular flexibility index (Phi) is 2.79. The number of halogens is 1. The van der Waals surface area contributed by atoms with Gasteiger partial charge in [-0.15, -0.1) is 5.10 Å². The molecule has 0 aliphatic rings. The van der Waals surface area contributed by atoms with Gasteiger partial charge in [0, 0.05) is 6.07 Å². The van der Waals surface area contributed by atoms with E-state index in [4.69, 9.17) is 16.3 Å². The Morgan fingerprint density at radius 1 is 1.26 bits per heavy atom. The molecule has 1 aromatic carbocycles. The van der Waals surface area contributed by atoms with Crippen molar-refractivity contribution >= 4 is 22.8 Å². The molecule has 6 nitrogen and oxygen atoms in total. The number of aryl methyl sites for hydroxylation is 1. The van der Waals surface area contributed by atoms with Gasteiger partial charge in [0.25, 0.3) is 0 Å². The first-order chi connectivity index (χ1) is 9.19. The van der Waals surface area contributed by atoms with Gasteiger partial charge in [0.05, 0.1) is 12.8 Å². The summed E-state index contributed by atoms with van der Waals surface area (Å²) in [5.74, 6) is 1.31. The van der Waals surface area contributed by atoms with Gasteiger partial charge in [-0.1, -0.05) is 22.9 Å². The molecule has 0 bridgehead atoms. The van der Waals surface area contributed by atoms with E-state index < -0.39 is 0 Å². The summed E-state index contributed by atoms with van der Waals surface area (Å²) in [7, 11) is 1.61.